The molecule has 1 aliphatic heterocycles. The van der Waals surface area contributed by atoms with E-state index in [9.17, 15) is 4.79 Å². The molecule has 0 N–H and O–H groups in total. The number of likely N-dealkylation sites (tertiary alicyclic amines) is 1. The highest BCUT2D eigenvalue weighted by Crippen LogP contribution is 2.29. The van der Waals surface area contributed by atoms with E-state index in [1.165, 1.54) is 0 Å². The van der Waals surface area contributed by atoms with Crippen molar-refractivity contribution in [1.29, 1.82) is 0 Å². The van der Waals surface area contributed by atoms with E-state index in [2.05, 4.69) is 28.6 Å². The molecule has 6 nitrogen and oxygen atoms in total. The van der Waals surface area contributed by atoms with Crippen LogP contribution in [0.3, 0.4) is 0 Å². The highest BCUT2D eigenvalue weighted by Gasteiger charge is 2.28. The second-order valence-corrected chi connectivity index (χ2v) is 6.85. The number of hydrogen-bond acceptors (Lipinski definition) is 4. The lowest BCUT2D eigenvalue weighted by Gasteiger charge is -2.32. The molecule has 1 aliphatic rings. The number of methoxy groups -OCH3 is 1. The Balaban J connectivity index is 1.68. The van der Waals surface area contributed by atoms with E-state index >= 15 is 0 Å². The van der Waals surface area contributed by atoms with Gasteiger partial charge >= 0.3 is 0 Å². The standard InChI is InChI=1S/C19H26N4O2/c1-14(2)23-13-20-21-18(23)15-8-10-22(11-9-15)19(24)17-7-5-4-6-16(17)12-25-3/h4-7,13-15H,8-12H2,1-3H3. The average Bonchev–Trinajstić information content (AvgIpc) is 3.12. The average molecular weight is 342 g/mol. The molecule has 1 amide bonds. The first kappa shape index (κ1) is 17.6. The van der Waals surface area contributed by atoms with Gasteiger partial charge in [0.05, 0.1) is 6.61 Å². The van der Waals surface area contributed by atoms with Crippen molar-refractivity contribution in [3.63, 3.8) is 0 Å². The molecule has 0 aliphatic carbocycles. The van der Waals surface area contributed by atoms with Crippen LogP contribution in [0.4, 0.5) is 0 Å². The molecule has 6 heteroatoms. The Bertz CT molecular complexity index is 718. The third-order valence-corrected chi connectivity index (χ3v) is 4.85. The second kappa shape index (κ2) is 7.78. The predicted octanol–water partition coefficient (Wildman–Crippen LogP) is 3.03. The van der Waals surface area contributed by atoms with Crippen LogP contribution in [-0.2, 0) is 11.3 Å². The van der Waals surface area contributed by atoms with Gasteiger partial charge in [0.1, 0.15) is 12.2 Å². The normalized spacial score (nSPS) is 15.8. The SMILES string of the molecule is COCc1ccccc1C(=O)N1CCC(c2nncn2C(C)C)CC1. The summed E-state index contributed by atoms with van der Waals surface area (Å²) >= 11 is 0. The van der Waals surface area contributed by atoms with Crippen LogP contribution in [0.25, 0.3) is 0 Å². The van der Waals surface area contributed by atoms with Crippen molar-refractivity contribution in [3.05, 3.63) is 47.5 Å². The molecule has 0 atom stereocenters. The van der Waals surface area contributed by atoms with Crippen molar-refractivity contribution in [2.75, 3.05) is 20.2 Å². The minimum Gasteiger partial charge on any atom is -0.380 e. The smallest absolute Gasteiger partial charge is 0.254 e. The van der Waals surface area contributed by atoms with Crippen molar-refractivity contribution in [1.82, 2.24) is 19.7 Å². The molecule has 2 aromatic rings. The first-order valence-corrected chi connectivity index (χ1v) is 8.87. The molecule has 1 aromatic carbocycles. The molecule has 0 bridgehead atoms. The number of nitrogens with zero attached hydrogens (tertiary/aromatic N) is 4. The minimum atomic E-state index is 0.0939. The quantitative estimate of drug-likeness (QED) is 0.838. The summed E-state index contributed by atoms with van der Waals surface area (Å²) in [5.74, 6) is 1.50. The zero-order chi connectivity index (χ0) is 17.8. The van der Waals surface area contributed by atoms with E-state index in [-0.39, 0.29) is 5.91 Å². The van der Waals surface area contributed by atoms with Crippen LogP contribution < -0.4 is 0 Å². The van der Waals surface area contributed by atoms with Crippen molar-refractivity contribution in [2.45, 2.75) is 45.3 Å². The molecular weight excluding hydrogens is 316 g/mol. The maximum absolute atomic E-state index is 12.9. The topological polar surface area (TPSA) is 60.2 Å². The summed E-state index contributed by atoms with van der Waals surface area (Å²) in [4.78, 5) is 14.8. The first-order chi connectivity index (χ1) is 12.1. The van der Waals surface area contributed by atoms with Crippen LogP contribution in [0, 0.1) is 0 Å². The van der Waals surface area contributed by atoms with Gasteiger partial charge in [-0.25, -0.2) is 0 Å². The zero-order valence-electron chi connectivity index (χ0n) is 15.2. The Kier molecular flexibility index (Phi) is 5.48. The molecule has 1 fully saturated rings. The molecule has 0 spiro atoms. The van der Waals surface area contributed by atoms with Crippen molar-refractivity contribution in [2.24, 2.45) is 0 Å². The monoisotopic (exact) mass is 342 g/mol. The van der Waals surface area contributed by atoms with Gasteiger partial charge in [-0.1, -0.05) is 18.2 Å². The minimum absolute atomic E-state index is 0.0939. The summed E-state index contributed by atoms with van der Waals surface area (Å²) in [7, 11) is 1.65. The summed E-state index contributed by atoms with van der Waals surface area (Å²) in [6.45, 7) is 6.22. The molecule has 0 radical (unpaired) electrons. The van der Waals surface area contributed by atoms with E-state index in [0.717, 1.165) is 42.9 Å². The van der Waals surface area contributed by atoms with Crippen LogP contribution in [0.1, 0.15) is 60.4 Å². The maximum Gasteiger partial charge on any atom is 0.254 e. The maximum atomic E-state index is 12.9. The van der Waals surface area contributed by atoms with Gasteiger partial charge in [0.15, 0.2) is 0 Å². The molecule has 1 aromatic heterocycles. The molecule has 3 rings (SSSR count). The molecule has 134 valence electrons. The second-order valence-electron chi connectivity index (χ2n) is 6.85. The van der Waals surface area contributed by atoms with Crippen molar-refractivity contribution >= 4 is 5.91 Å². The molecule has 0 unspecified atom stereocenters. The summed E-state index contributed by atoms with van der Waals surface area (Å²) in [5, 5.41) is 8.39. The molecule has 1 saturated heterocycles. The van der Waals surface area contributed by atoms with Gasteiger partial charge in [0.2, 0.25) is 0 Å². The van der Waals surface area contributed by atoms with E-state index in [0.29, 0.717) is 18.6 Å². The van der Waals surface area contributed by atoms with Crippen LogP contribution in [0.15, 0.2) is 30.6 Å². The van der Waals surface area contributed by atoms with E-state index < -0.39 is 0 Å². The fraction of sp³-hybridized carbons (Fsp3) is 0.526. The molecule has 0 saturated carbocycles. The highest BCUT2D eigenvalue weighted by atomic mass is 16.5. The van der Waals surface area contributed by atoms with Gasteiger partial charge in [-0.15, -0.1) is 10.2 Å². The fourth-order valence-electron chi connectivity index (χ4n) is 3.46. The Morgan fingerprint density at radius 3 is 2.68 bits per heavy atom. The van der Waals surface area contributed by atoms with E-state index in [1.54, 1.807) is 13.4 Å². The van der Waals surface area contributed by atoms with Crippen LogP contribution in [-0.4, -0.2) is 45.8 Å². The number of piperidine rings is 1. The van der Waals surface area contributed by atoms with Crippen molar-refractivity contribution in [3.8, 4) is 0 Å². The number of carbonyl (C=O) groups is 1. The van der Waals surface area contributed by atoms with Gasteiger partial charge < -0.3 is 14.2 Å². The molecule has 2 heterocycles. The van der Waals surface area contributed by atoms with E-state index in [1.807, 2.05) is 29.2 Å². The number of rotatable bonds is 5. The summed E-state index contributed by atoms with van der Waals surface area (Å²) in [6.07, 6.45) is 3.64. The number of aromatic nitrogens is 3. The Morgan fingerprint density at radius 1 is 1.28 bits per heavy atom. The Morgan fingerprint density at radius 2 is 2.00 bits per heavy atom. The van der Waals surface area contributed by atoms with Gasteiger partial charge in [-0.05, 0) is 38.3 Å². The van der Waals surface area contributed by atoms with Crippen LogP contribution >= 0.6 is 0 Å². The van der Waals surface area contributed by atoms with Gasteiger partial charge in [-0.3, -0.25) is 4.79 Å². The molecule has 25 heavy (non-hydrogen) atoms. The fourth-order valence-corrected chi connectivity index (χ4v) is 3.46. The van der Waals surface area contributed by atoms with Crippen molar-refractivity contribution < 1.29 is 9.53 Å². The van der Waals surface area contributed by atoms with Gasteiger partial charge in [0.25, 0.3) is 5.91 Å². The lowest BCUT2D eigenvalue weighted by atomic mass is 9.94. The highest BCUT2D eigenvalue weighted by molar-refractivity contribution is 5.95. The predicted molar refractivity (Wildman–Crippen MR) is 95.4 cm³/mol. The van der Waals surface area contributed by atoms with E-state index in [4.69, 9.17) is 4.74 Å². The summed E-state index contributed by atoms with van der Waals surface area (Å²) in [6, 6.07) is 8.04. The van der Waals surface area contributed by atoms with Gasteiger partial charge in [-0.2, -0.15) is 0 Å². The molecular formula is C19H26N4O2. The first-order valence-electron chi connectivity index (χ1n) is 8.87. The number of hydrogen-bond donors (Lipinski definition) is 0. The largest absolute Gasteiger partial charge is 0.380 e. The van der Waals surface area contributed by atoms with Crippen LogP contribution in [0.2, 0.25) is 0 Å². The number of amides is 1. The Hall–Kier alpha value is -2.21. The lowest BCUT2D eigenvalue weighted by molar-refractivity contribution is 0.0705. The third kappa shape index (κ3) is 3.74. The third-order valence-electron chi connectivity index (χ3n) is 4.85. The lowest BCUT2D eigenvalue weighted by Crippen LogP contribution is -2.38. The summed E-state index contributed by atoms with van der Waals surface area (Å²) < 4.78 is 7.35. The van der Waals surface area contributed by atoms with Crippen LogP contribution in [0.5, 0.6) is 0 Å². The number of benzene rings is 1. The Labute approximate surface area is 148 Å². The number of carbonyl (C=O) groups excluding carboxylic acids is 1. The zero-order valence-corrected chi connectivity index (χ0v) is 15.2. The number of ether oxygens (including phenoxy) is 1. The summed E-state index contributed by atoms with van der Waals surface area (Å²) in [5.41, 5.74) is 1.69. The van der Waals surface area contributed by atoms with Gasteiger partial charge in [0, 0.05) is 37.7 Å².